The number of carbonyl (C=O) groups excluding carboxylic acids is 2. The molecule has 1 aromatic rings. The van der Waals surface area contributed by atoms with E-state index in [4.69, 9.17) is 11.6 Å². The smallest absolute Gasteiger partial charge is 0.342 e. The number of halogens is 4. The Morgan fingerprint density at radius 1 is 1.19 bits per heavy atom. The molecule has 0 heterocycles. The predicted octanol–water partition coefficient (Wildman–Crippen LogP) is 4.58. The Hall–Kier alpha value is -1.76. The third kappa shape index (κ3) is 4.90. The first kappa shape index (κ1) is 20.6. The van der Waals surface area contributed by atoms with Crippen LogP contribution < -0.4 is 5.32 Å². The highest BCUT2D eigenvalue weighted by atomic mass is 35.5. The highest BCUT2D eigenvalue weighted by molar-refractivity contribution is 6.30. The molecular formula is C18H22ClF3N2O2. The van der Waals surface area contributed by atoms with Gasteiger partial charge in [0.2, 0.25) is 11.8 Å². The SMILES string of the molecule is CCCN(CCC)C(=O)C1CC1C(=O)Nc1ccc(Cl)cc1C(F)(F)F. The fraction of sp³-hybridized carbons (Fsp3) is 0.556. The second kappa shape index (κ2) is 8.29. The third-order valence-electron chi connectivity index (χ3n) is 4.29. The Morgan fingerprint density at radius 3 is 2.35 bits per heavy atom. The van der Waals surface area contributed by atoms with Crippen molar-refractivity contribution < 1.29 is 22.8 Å². The summed E-state index contributed by atoms with van der Waals surface area (Å²) in [5, 5.41) is 2.24. The number of nitrogens with zero attached hydrogens (tertiary/aromatic N) is 1. The number of anilines is 1. The lowest BCUT2D eigenvalue weighted by atomic mass is 10.1. The number of benzene rings is 1. The van der Waals surface area contributed by atoms with Gasteiger partial charge in [0.25, 0.3) is 0 Å². The summed E-state index contributed by atoms with van der Waals surface area (Å²) in [4.78, 5) is 26.5. The number of carbonyl (C=O) groups is 2. The highest BCUT2D eigenvalue weighted by Gasteiger charge is 2.49. The summed E-state index contributed by atoms with van der Waals surface area (Å²) in [7, 11) is 0. The first-order chi connectivity index (χ1) is 12.2. The van der Waals surface area contributed by atoms with Crippen molar-refractivity contribution in [1.29, 1.82) is 0 Å². The summed E-state index contributed by atoms with van der Waals surface area (Å²) >= 11 is 5.63. The molecule has 0 saturated heterocycles. The molecule has 0 aliphatic heterocycles. The molecule has 1 fully saturated rings. The fourth-order valence-corrected chi connectivity index (χ4v) is 3.12. The molecule has 1 saturated carbocycles. The van der Waals surface area contributed by atoms with Crippen LogP contribution in [0.4, 0.5) is 18.9 Å². The minimum absolute atomic E-state index is 0.0652. The molecule has 1 aliphatic carbocycles. The first-order valence-corrected chi connectivity index (χ1v) is 9.03. The lowest BCUT2D eigenvalue weighted by Crippen LogP contribution is -2.34. The highest BCUT2D eigenvalue weighted by Crippen LogP contribution is 2.42. The molecule has 2 atom stereocenters. The number of hydrogen-bond donors (Lipinski definition) is 1. The van der Waals surface area contributed by atoms with Crippen LogP contribution in [-0.2, 0) is 15.8 Å². The summed E-state index contributed by atoms with van der Waals surface area (Å²) in [6, 6.07) is 3.19. The zero-order valence-electron chi connectivity index (χ0n) is 14.7. The molecule has 2 amide bonds. The van der Waals surface area contributed by atoms with E-state index in [9.17, 15) is 22.8 Å². The van der Waals surface area contributed by atoms with Gasteiger partial charge in [0, 0.05) is 18.1 Å². The van der Waals surface area contributed by atoms with Crippen LogP contribution in [0.5, 0.6) is 0 Å². The Bertz CT molecular complexity index is 673. The number of nitrogens with one attached hydrogen (secondary N) is 1. The number of rotatable bonds is 7. The van der Waals surface area contributed by atoms with Crippen molar-refractivity contribution in [2.24, 2.45) is 11.8 Å². The number of hydrogen-bond acceptors (Lipinski definition) is 2. The van der Waals surface area contributed by atoms with E-state index in [1.807, 2.05) is 13.8 Å². The molecule has 2 rings (SSSR count). The van der Waals surface area contributed by atoms with Gasteiger partial charge in [0.05, 0.1) is 23.1 Å². The lowest BCUT2D eigenvalue weighted by Gasteiger charge is -2.21. The van der Waals surface area contributed by atoms with Crippen LogP contribution >= 0.6 is 11.6 Å². The van der Waals surface area contributed by atoms with E-state index in [2.05, 4.69) is 5.32 Å². The Balaban J connectivity index is 2.06. The van der Waals surface area contributed by atoms with Crippen LogP contribution in [0.2, 0.25) is 5.02 Å². The van der Waals surface area contributed by atoms with Crippen LogP contribution in [0.25, 0.3) is 0 Å². The summed E-state index contributed by atoms with van der Waals surface area (Å²) in [6.07, 6.45) is -2.64. The van der Waals surface area contributed by atoms with Gasteiger partial charge in [-0.15, -0.1) is 0 Å². The minimum atomic E-state index is -4.63. The van der Waals surface area contributed by atoms with Gasteiger partial charge < -0.3 is 10.2 Å². The van der Waals surface area contributed by atoms with Gasteiger partial charge in [-0.05, 0) is 37.5 Å². The molecule has 0 radical (unpaired) electrons. The number of alkyl halides is 3. The monoisotopic (exact) mass is 390 g/mol. The van der Waals surface area contributed by atoms with E-state index in [-0.39, 0.29) is 16.6 Å². The predicted molar refractivity (Wildman–Crippen MR) is 93.8 cm³/mol. The van der Waals surface area contributed by atoms with Crippen molar-refractivity contribution in [3.05, 3.63) is 28.8 Å². The van der Waals surface area contributed by atoms with Crippen LogP contribution in [0.15, 0.2) is 18.2 Å². The largest absolute Gasteiger partial charge is 0.418 e. The molecule has 0 spiro atoms. The molecule has 1 aromatic carbocycles. The zero-order valence-corrected chi connectivity index (χ0v) is 15.5. The van der Waals surface area contributed by atoms with Crippen LogP contribution in [0.3, 0.4) is 0 Å². The summed E-state index contributed by atoms with van der Waals surface area (Å²) in [5.41, 5.74) is -1.34. The average Bonchev–Trinajstić information content (AvgIpc) is 3.35. The normalized spacial score (nSPS) is 19.2. The van der Waals surface area contributed by atoms with Crippen molar-refractivity contribution in [2.75, 3.05) is 18.4 Å². The van der Waals surface area contributed by atoms with Gasteiger partial charge in [-0.1, -0.05) is 25.4 Å². The van der Waals surface area contributed by atoms with Crippen LogP contribution in [-0.4, -0.2) is 29.8 Å². The zero-order chi connectivity index (χ0) is 19.5. The van der Waals surface area contributed by atoms with Gasteiger partial charge in [-0.25, -0.2) is 0 Å². The van der Waals surface area contributed by atoms with E-state index >= 15 is 0 Å². The molecule has 1 aliphatic rings. The average molecular weight is 391 g/mol. The van der Waals surface area contributed by atoms with Gasteiger partial charge in [-0.3, -0.25) is 9.59 Å². The molecular weight excluding hydrogens is 369 g/mol. The van der Waals surface area contributed by atoms with Crippen molar-refractivity contribution in [2.45, 2.75) is 39.3 Å². The van der Waals surface area contributed by atoms with Crippen LogP contribution in [0.1, 0.15) is 38.7 Å². The standard InChI is InChI=1S/C18H22ClF3N2O2/c1-3-7-24(8-4-2)17(26)13-10-12(13)16(25)23-15-6-5-11(19)9-14(15)18(20,21)22/h5-6,9,12-13H,3-4,7-8,10H2,1-2H3,(H,23,25). The van der Waals surface area contributed by atoms with Gasteiger partial charge in [0.1, 0.15) is 0 Å². The third-order valence-corrected chi connectivity index (χ3v) is 4.52. The van der Waals surface area contributed by atoms with Crippen molar-refractivity contribution >= 4 is 29.1 Å². The van der Waals surface area contributed by atoms with Crippen LogP contribution in [0, 0.1) is 11.8 Å². The summed E-state index contributed by atoms with van der Waals surface area (Å²) in [5.74, 6) is -1.70. The quantitative estimate of drug-likeness (QED) is 0.740. The fourth-order valence-electron chi connectivity index (χ4n) is 2.95. The minimum Gasteiger partial charge on any atom is -0.342 e. The van der Waals surface area contributed by atoms with Gasteiger partial charge in [0.15, 0.2) is 0 Å². The second-order valence-corrected chi connectivity index (χ2v) is 6.89. The summed E-state index contributed by atoms with van der Waals surface area (Å²) < 4.78 is 39.3. The van der Waals surface area contributed by atoms with E-state index in [1.54, 1.807) is 4.90 Å². The summed E-state index contributed by atoms with van der Waals surface area (Å²) in [6.45, 7) is 5.16. The molecule has 26 heavy (non-hydrogen) atoms. The molecule has 0 bridgehead atoms. The Morgan fingerprint density at radius 2 is 1.81 bits per heavy atom. The first-order valence-electron chi connectivity index (χ1n) is 8.65. The van der Waals surface area contributed by atoms with Gasteiger partial charge in [-0.2, -0.15) is 13.2 Å². The van der Waals surface area contributed by atoms with E-state index in [0.29, 0.717) is 19.5 Å². The molecule has 4 nitrogen and oxygen atoms in total. The number of amides is 2. The van der Waals surface area contributed by atoms with E-state index < -0.39 is 29.5 Å². The molecule has 0 aromatic heterocycles. The van der Waals surface area contributed by atoms with Crippen molar-refractivity contribution in [1.82, 2.24) is 4.90 Å². The Kier molecular flexibility index (Phi) is 6.55. The second-order valence-electron chi connectivity index (χ2n) is 6.45. The molecule has 144 valence electrons. The maximum absolute atomic E-state index is 13.1. The molecule has 2 unspecified atom stereocenters. The van der Waals surface area contributed by atoms with E-state index in [1.165, 1.54) is 6.07 Å². The lowest BCUT2D eigenvalue weighted by molar-refractivity contribution is -0.137. The maximum atomic E-state index is 13.1. The Labute approximate surface area is 155 Å². The van der Waals surface area contributed by atoms with Gasteiger partial charge >= 0.3 is 6.18 Å². The van der Waals surface area contributed by atoms with Crippen molar-refractivity contribution in [3.8, 4) is 0 Å². The maximum Gasteiger partial charge on any atom is 0.418 e. The van der Waals surface area contributed by atoms with Crippen molar-refractivity contribution in [3.63, 3.8) is 0 Å². The molecule has 1 N–H and O–H groups in total. The topological polar surface area (TPSA) is 49.4 Å². The molecule has 8 heteroatoms. The van der Waals surface area contributed by atoms with E-state index in [0.717, 1.165) is 25.0 Å².